The first-order chi connectivity index (χ1) is 7.82. The van der Waals surface area contributed by atoms with Crippen LogP contribution in [0.25, 0.3) is 0 Å². The van der Waals surface area contributed by atoms with Gasteiger partial charge in [-0.3, -0.25) is 9.69 Å². The third-order valence-corrected chi connectivity index (χ3v) is 2.64. The van der Waals surface area contributed by atoms with Crippen molar-refractivity contribution in [2.75, 3.05) is 26.7 Å². The van der Waals surface area contributed by atoms with Crippen molar-refractivity contribution in [3.05, 3.63) is 0 Å². The highest BCUT2D eigenvalue weighted by Gasteiger charge is 2.39. The molecule has 1 aliphatic carbocycles. The molecule has 17 heavy (non-hydrogen) atoms. The van der Waals surface area contributed by atoms with E-state index >= 15 is 0 Å². The number of alkyl halides is 3. The highest BCUT2D eigenvalue weighted by atomic mass is 19.4. The van der Waals surface area contributed by atoms with Crippen LogP contribution in [-0.4, -0.2) is 49.7 Å². The van der Waals surface area contributed by atoms with Gasteiger partial charge in [-0.15, -0.1) is 0 Å². The fraction of sp³-hybridized carbons (Fsp3) is 0.900. The van der Waals surface area contributed by atoms with Crippen molar-refractivity contribution in [2.24, 2.45) is 11.7 Å². The van der Waals surface area contributed by atoms with Gasteiger partial charge in [0.2, 0.25) is 5.91 Å². The standard InChI is InChI=1S/C10H18F3N3O/c1-16(5-7(4-14)10(11,12)13)6-9(17)15-8-2-3-8/h7-8H,2-6,14H2,1H3,(H,15,17). The van der Waals surface area contributed by atoms with Gasteiger partial charge in [-0.25, -0.2) is 0 Å². The Kier molecular flexibility index (Phi) is 4.76. The molecule has 0 spiro atoms. The van der Waals surface area contributed by atoms with Crippen LogP contribution in [0.1, 0.15) is 12.8 Å². The number of amides is 1. The molecule has 1 saturated carbocycles. The molecule has 3 N–H and O–H groups in total. The van der Waals surface area contributed by atoms with Crippen molar-refractivity contribution < 1.29 is 18.0 Å². The van der Waals surface area contributed by atoms with Gasteiger partial charge in [0.05, 0.1) is 12.5 Å². The lowest BCUT2D eigenvalue weighted by atomic mass is 10.1. The highest BCUT2D eigenvalue weighted by molar-refractivity contribution is 5.78. The minimum atomic E-state index is -4.31. The maximum Gasteiger partial charge on any atom is 0.394 e. The first-order valence-corrected chi connectivity index (χ1v) is 5.57. The average Bonchev–Trinajstić information content (AvgIpc) is 2.95. The van der Waals surface area contributed by atoms with Crippen molar-refractivity contribution in [2.45, 2.75) is 25.1 Å². The smallest absolute Gasteiger partial charge is 0.352 e. The fourth-order valence-electron chi connectivity index (χ4n) is 1.50. The van der Waals surface area contributed by atoms with E-state index in [-0.39, 0.29) is 25.0 Å². The average molecular weight is 253 g/mol. The Morgan fingerprint density at radius 2 is 2.12 bits per heavy atom. The fourth-order valence-corrected chi connectivity index (χ4v) is 1.50. The normalized spacial score (nSPS) is 18.2. The Morgan fingerprint density at radius 3 is 2.53 bits per heavy atom. The second kappa shape index (κ2) is 5.68. The van der Waals surface area contributed by atoms with Gasteiger partial charge in [0.15, 0.2) is 0 Å². The van der Waals surface area contributed by atoms with Gasteiger partial charge in [-0.1, -0.05) is 0 Å². The summed E-state index contributed by atoms with van der Waals surface area (Å²) in [6, 6.07) is 0.226. The van der Waals surface area contributed by atoms with Crippen LogP contribution in [0.2, 0.25) is 0 Å². The summed E-state index contributed by atoms with van der Waals surface area (Å²) in [6.45, 7) is -0.737. The molecule has 1 unspecified atom stereocenters. The van der Waals surface area contributed by atoms with E-state index in [4.69, 9.17) is 5.73 Å². The molecule has 1 rings (SSSR count). The largest absolute Gasteiger partial charge is 0.394 e. The highest BCUT2D eigenvalue weighted by Crippen LogP contribution is 2.25. The van der Waals surface area contributed by atoms with Crippen LogP contribution in [0.4, 0.5) is 13.2 Å². The third-order valence-electron chi connectivity index (χ3n) is 2.64. The van der Waals surface area contributed by atoms with Gasteiger partial charge in [-0.05, 0) is 19.9 Å². The van der Waals surface area contributed by atoms with E-state index in [2.05, 4.69) is 5.32 Å². The van der Waals surface area contributed by atoms with E-state index < -0.39 is 18.6 Å². The Balaban J connectivity index is 2.30. The number of carbonyl (C=O) groups is 1. The Morgan fingerprint density at radius 1 is 1.53 bits per heavy atom. The summed E-state index contributed by atoms with van der Waals surface area (Å²) in [5.41, 5.74) is 5.08. The van der Waals surface area contributed by atoms with Crippen molar-refractivity contribution in [1.29, 1.82) is 0 Å². The lowest BCUT2D eigenvalue weighted by Crippen LogP contribution is -2.43. The van der Waals surface area contributed by atoms with Crippen LogP contribution >= 0.6 is 0 Å². The first kappa shape index (κ1) is 14.2. The van der Waals surface area contributed by atoms with Gasteiger partial charge in [0.1, 0.15) is 0 Å². The maximum absolute atomic E-state index is 12.4. The van der Waals surface area contributed by atoms with Crippen LogP contribution in [0, 0.1) is 5.92 Å². The number of nitrogens with two attached hydrogens (primary N) is 1. The number of rotatable bonds is 6. The second-order valence-electron chi connectivity index (χ2n) is 4.51. The minimum absolute atomic E-state index is 0.0247. The quantitative estimate of drug-likeness (QED) is 0.717. The molecule has 1 atom stereocenters. The van der Waals surface area contributed by atoms with E-state index in [0.29, 0.717) is 0 Å². The second-order valence-corrected chi connectivity index (χ2v) is 4.51. The van der Waals surface area contributed by atoms with Crippen LogP contribution in [0.15, 0.2) is 0 Å². The summed E-state index contributed by atoms with van der Waals surface area (Å²) in [5.74, 6) is -1.81. The summed E-state index contributed by atoms with van der Waals surface area (Å²) in [6.07, 6.45) is -2.39. The zero-order valence-corrected chi connectivity index (χ0v) is 9.76. The third kappa shape index (κ3) is 5.36. The molecule has 0 radical (unpaired) electrons. The maximum atomic E-state index is 12.4. The molecule has 1 fully saturated rings. The Hall–Kier alpha value is -0.820. The molecule has 0 aromatic rings. The van der Waals surface area contributed by atoms with E-state index in [0.717, 1.165) is 12.8 Å². The van der Waals surface area contributed by atoms with Crippen molar-refractivity contribution in [3.63, 3.8) is 0 Å². The Labute approximate surface area is 98.3 Å². The van der Waals surface area contributed by atoms with Gasteiger partial charge < -0.3 is 11.1 Å². The molecule has 100 valence electrons. The lowest BCUT2D eigenvalue weighted by Gasteiger charge is -2.24. The van der Waals surface area contributed by atoms with Gasteiger partial charge in [-0.2, -0.15) is 13.2 Å². The van der Waals surface area contributed by atoms with Crippen molar-refractivity contribution >= 4 is 5.91 Å². The number of carbonyl (C=O) groups excluding carboxylic acids is 1. The molecule has 1 aliphatic rings. The van der Waals surface area contributed by atoms with Crippen LogP contribution in [-0.2, 0) is 4.79 Å². The number of nitrogens with zero attached hydrogens (tertiary/aromatic N) is 1. The van der Waals surface area contributed by atoms with E-state index in [9.17, 15) is 18.0 Å². The van der Waals surface area contributed by atoms with E-state index in [1.807, 2.05) is 0 Å². The summed E-state index contributed by atoms with van der Waals surface area (Å²) in [5, 5.41) is 2.72. The van der Waals surface area contributed by atoms with E-state index in [1.165, 1.54) is 11.9 Å². The van der Waals surface area contributed by atoms with Crippen molar-refractivity contribution in [1.82, 2.24) is 10.2 Å². The molecular weight excluding hydrogens is 235 g/mol. The van der Waals surface area contributed by atoms with E-state index in [1.54, 1.807) is 0 Å². The van der Waals surface area contributed by atoms with Crippen LogP contribution in [0.5, 0.6) is 0 Å². The zero-order valence-electron chi connectivity index (χ0n) is 9.76. The summed E-state index contributed by atoms with van der Waals surface area (Å²) >= 11 is 0. The summed E-state index contributed by atoms with van der Waals surface area (Å²) < 4.78 is 37.3. The molecule has 7 heteroatoms. The van der Waals surface area contributed by atoms with Crippen LogP contribution in [0.3, 0.4) is 0 Å². The first-order valence-electron chi connectivity index (χ1n) is 5.57. The monoisotopic (exact) mass is 253 g/mol. The molecule has 0 aliphatic heterocycles. The van der Waals surface area contributed by atoms with Crippen molar-refractivity contribution in [3.8, 4) is 0 Å². The topological polar surface area (TPSA) is 58.4 Å². The number of hydrogen-bond acceptors (Lipinski definition) is 3. The molecular formula is C10H18F3N3O. The minimum Gasteiger partial charge on any atom is -0.352 e. The molecule has 0 bridgehead atoms. The SMILES string of the molecule is CN(CC(=O)NC1CC1)CC(CN)C(F)(F)F. The predicted molar refractivity (Wildman–Crippen MR) is 57.3 cm³/mol. The van der Waals surface area contributed by atoms with Crippen LogP contribution < -0.4 is 11.1 Å². The number of halogens is 3. The molecule has 1 amide bonds. The number of likely N-dealkylation sites (N-methyl/N-ethyl adjacent to an activating group) is 1. The van der Waals surface area contributed by atoms with Gasteiger partial charge in [0, 0.05) is 19.1 Å². The molecule has 0 saturated heterocycles. The number of nitrogens with one attached hydrogen (secondary N) is 1. The lowest BCUT2D eigenvalue weighted by molar-refractivity contribution is -0.175. The summed E-state index contributed by atoms with van der Waals surface area (Å²) in [7, 11) is 1.49. The molecule has 4 nitrogen and oxygen atoms in total. The zero-order chi connectivity index (χ0) is 13.1. The Bertz CT molecular complexity index is 266. The van der Waals surface area contributed by atoms with Gasteiger partial charge >= 0.3 is 6.18 Å². The molecule has 0 aromatic carbocycles. The number of hydrogen-bond donors (Lipinski definition) is 2. The molecule has 0 aromatic heterocycles. The predicted octanol–water partition coefficient (Wildman–Crippen LogP) is 0.334. The summed E-state index contributed by atoms with van der Waals surface area (Å²) in [4.78, 5) is 12.7. The molecule has 0 heterocycles. The van der Waals surface area contributed by atoms with Gasteiger partial charge in [0.25, 0.3) is 0 Å².